The molecule has 0 unspecified atom stereocenters. The van der Waals surface area contributed by atoms with Crippen molar-refractivity contribution in [3.8, 4) is 0 Å². The SMILES string of the molecule is COC(=O)/C=C/[C@@H]1OC(C)(C)O[C@H]1[C@H](OCc1ccccc1)[C@@H](CBr)OC(C)=O. The first kappa shape index (κ1) is 23.5. The third-order valence-electron chi connectivity index (χ3n) is 4.23. The zero-order valence-corrected chi connectivity index (χ0v) is 18.6. The van der Waals surface area contributed by atoms with E-state index >= 15 is 0 Å². The topological polar surface area (TPSA) is 80.3 Å². The molecule has 1 aliphatic rings. The summed E-state index contributed by atoms with van der Waals surface area (Å²) < 4.78 is 28.3. The molecule has 0 spiro atoms. The molecule has 1 aromatic carbocycles. The maximum absolute atomic E-state index is 11.6. The zero-order chi connectivity index (χ0) is 21.4. The van der Waals surface area contributed by atoms with Gasteiger partial charge in [-0.1, -0.05) is 46.3 Å². The van der Waals surface area contributed by atoms with E-state index in [2.05, 4.69) is 20.7 Å². The van der Waals surface area contributed by atoms with Crippen LogP contribution in [0.15, 0.2) is 42.5 Å². The van der Waals surface area contributed by atoms with Crippen molar-refractivity contribution >= 4 is 27.9 Å². The van der Waals surface area contributed by atoms with Crippen LogP contribution in [0.1, 0.15) is 26.3 Å². The van der Waals surface area contributed by atoms with Gasteiger partial charge in [-0.05, 0) is 25.5 Å². The lowest BCUT2D eigenvalue weighted by molar-refractivity contribution is -0.180. The summed E-state index contributed by atoms with van der Waals surface area (Å²) in [5, 5.41) is 0.347. The molecule has 8 heteroatoms. The summed E-state index contributed by atoms with van der Waals surface area (Å²) in [4.78, 5) is 23.2. The van der Waals surface area contributed by atoms with Crippen LogP contribution in [0.2, 0.25) is 0 Å². The van der Waals surface area contributed by atoms with Gasteiger partial charge in [0.15, 0.2) is 5.79 Å². The molecule has 1 saturated heterocycles. The second-order valence-electron chi connectivity index (χ2n) is 7.01. The molecule has 1 fully saturated rings. The standard InChI is InChI=1S/C21H27BrO7/c1-14(23)27-17(12-22)19(26-13-15-8-6-5-7-9-15)20-16(10-11-18(24)25-4)28-21(2,3)29-20/h5-11,16-17,19-20H,12-13H2,1-4H3/b11-10+/t16-,17+,19+,20+/m0/s1. The largest absolute Gasteiger partial charge is 0.466 e. The van der Waals surface area contributed by atoms with Gasteiger partial charge < -0.3 is 23.7 Å². The van der Waals surface area contributed by atoms with E-state index in [1.165, 1.54) is 20.1 Å². The first-order valence-electron chi connectivity index (χ1n) is 9.26. The Morgan fingerprint density at radius 2 is 1.93 bits per heavy atom. The van der Waals surface area contributed by atoms with Crippen LogP contribution in [-0.2, 0) is 39.9 Å². The Hall–Kier alpha value is -1.74. The molecule has 0 aliphatic carbocycles. The van der Waals surface area contributed by atoms with Crippen molar-refractivity contribution in [1.29, 1.82) is 0 Å². The number of methoxy groups -OCH3 is 1. The third kappa shape index (κ3) is 7.22. The number of rotatable bonds is 9. The third-order valence-corrected chi connectivity index (χ3v) is 4.87. The Balaban J connectivity index is 2.28. The zero-order valence-electron chi connectivity index (χ0n) is 17.0. The first-order valence-corrected chi connectivity index (χ1v) is 10.4. The van der Waals surface area contributed by atoms with E-state index in [9.17, 15) is 9.59 Å². The van der Waals surface area contributed by atoms with E-state index in [4.69, 9.17) is 18.9 Å². The lowest BCUT2D eigenvalue weighted by Crippen LogP contribution is -2.47. The van der Waals surface area contributed by atoms with Gasteiger partial charge in [-0.25, -0.2) is 4.79 Å². The number of benzene rings is 1. The predicted octanol–water partition coefficient (Wildman–Crippen LogP) is 3.15. The minimum absolute atomic E-state index is 0.296. The van der Waals surface area contributed by atoms with E-state index in [1.807, 2.05) is 30.3 Å². The van der Waals surface area contributed by atoms with Crippen molar-refractivity contribution < 1.29 is 33.3 Å². The van der Waals surface area contributed by atoms with Crippen molar-refractivity contribution in [3.63, 3.8) is 0 Å². The highest BCUT2D eigenvalue weighted by atomic mass is 79.9. The molecule has 0 amide bonds. The number of carbonyl (C=O) groups excluding carboxylic acids is 2. The van der Waals surface area contributed by atoms with Crippen LogP contribution in [0.25, 0.3) is 0 Å². The highest BCUT2D eigenvalue weighted by Gasteiger charge is 2.47. The van der Waals surface area contributed by atoms with Crippen LogP contribution < -0.4 is 0 Å². The molecule has 7 nitrogen and oxygen atoms in total. The molecule has 1 heterocycles. The summed E-state index contributed by atoms with van der Waals surface area (Å²) in [6.07, 6.45) is 0.383. The first-order chi connectivity index (χ1) is 13.8. The Morgan fingerprint density at radius 3 is 2.52 bits per heavy atom. The van der Waals surface area contributed by atoms with E-state index in [1.54, 1.807) is 19.9 Å². The number of hydrogen-bond donors (Lipinski definition) is 0. The van der Waals surface area contributed by atoms with E-state index in [-0.39, 0.29) is 0 Å². The van der Waals surface area contributed by atoms with Crippen LogP contribution in [-0.4, -0.2) is 54.6 Å². The average molecular weight is 471 g/mol. The molecule has 4 atom stereocenters. The molecule has 1 aromatic rings. The fourth-order valence-corrected chi connectivity index (χ4v) is 3.54. The molecule has 0 bridgehead atoms. The van der Waals surface area contributed by atoms with Crippen LogP contribution in [0.4, 0.5) is 0 Å². The van der Waals surface area contributed by atoms with Gasteiger partial charge in [0.25, 0.3) is 0 Å². The maximum atomic E-state index is 11.6. The minimum atomic E-state index is -0.906. The van der Waals surface area contributed by atoms with Crippen LogP contribution in [0.5, 0.6) is 0 Å². The summed E-state index contributed by atoms with van der Waals surface area (Å²) in [6, 6.07) is 9.64. The highest BCUT2D eigenvalue weighted by molar-refractivity contribution is 9.09. The number of hydrogen-bond acceptors (Lipinski definition) is 7. The lowest BCUT2D eigenvalue weighted by Gasteiger charge is -2.31. The second kappa shape index (κ2) is 10.9. The number of carbonyl (C=O) groups is 2. The molecule has 0 radical (unpaired) electrons. The van der Waals surface area contributed by atoms with Crippen LogP contribution in [0.3, 0.4) is 0 Å². The molecule has 0 aromatic heterocycles. The van der Waals surface area contributed by atoms with Crippen molar-refractivity contribution in [1.82, 2.24) is 0 Å². The fraction of sp³-hybridized carbons (Fsp3) is 0.524. The predicted molar refractivity (Wildman–Crippen MR) is 109 cm³/mol. The monoisotopic (exact) mass is 470 g/mol. The molecule has 1 aliphatic heterocycles. The van der Waals surface area contributed by atoms with E-state index in [0.29, 0.717) is 11.9 Å². The molecular formula is C21H27BrO7. The van der Waals surface area contributed by atoms with Crippen molar-refractivity contribution in [3.05, 3.63) is 48.0 Å². The highest BCUT2D eigenvalue weighted by Crippen LogP contribution is 2.34. The Morgan fingerprint density at radius 1 is 1.24 bits per heavy atom. The summed E-state index contributed by atoms with van der Waals surface area (Å²) in [5.74, 6) is -1.84. The van der Waals surface area contributed by atoms with E-state index in [0.717, 1.165) is 5.56 Å². The number of ether oxygens (including phenoxy) is 5. The van der Waals surface area contributed by atoms with Gasteiger partial charge in [-0.3, -0.25) is 4.79 Å². The molecule has 0 saturated carbocycles. The average Bonchev–Trinajstić information content (AvgIpc) is 3.00. The molecule has 29 heavy (non-hydrogen) atoms. The van der Waals surface area contributed by atoms with Gasteiger partial charge >= 0.3 is 11.9 Å². The number of halogens is 1. The van der Waals surface area contributed by atoms with Crippen molar-refractivity contribution in [2.45, 2.75) is 57.6 Å². The quantitative estimate of drug-likeness (QED) is 0.311. The number of alkyl halides is 1. The van der Waals surface area contributed by atoms with Gasteiger partial charge in [-0.2, -0.15) is 0 Å². The Kier molecular flexibility index (Phi) is 8.82. The molecule has 160 valence electrons. The van der Waals surface area contributed by atoms with Gasteiger partial charge in [0.2, 0.25) is 0 Å². The second-order valence-corrected chi connectivity index (χ2v) is 7.66. The summed E-state index contributed by atoms with van der Waals surface area (Å²) >= 11 is 3.39. The van der Waals surface area contributed by atoms with E-state index < -0.39 is 42.1 Å². The van der Waals surface area contributed by atoms with Gasteiger partial charge in [0.05, 0.1) is 13.7 Å². The lowest BCUT2D eigenvalue weighted by atomic mass is 10.0. The van der Waals surface area contributed by atoms with Crippen LogP contribution >= 0.6 is 15.9 Å². The Labute approximate surface area is 179 Å². The van der Waals surface area contributed by atoms with Crippen LogP contribution in [0, 0.1) is 0 Å². The molecular weight excluding hydrogens is 444 g/mol. The molecule has 2 rings (SSSR count). The minimum Gasteiger partial charge on any atom is -0.466 e. The number of esters is 2. The molecule has 0 N–H and O–H groups in total. The summed E-state index contributed by atoms with van der Waals surface area (Å²) in [7, 11) is 1.30. The fourth-order valence-electron chi connectivity index (χ4n) is 3.04. The van der Waals surface area contributed by atoms with Crippen molar-refractivity contribution in [2.24, 2.45) is 0 Å². The van der Waals surface area contributed by atoms with Crippen molar-refractivity contribution in [2.75, 3.05) is 12.4 Å². The Bertz CT molecular complexity index is 704. The smallest absolute Gasteiger partial charge is 0.330 e. The normalized spacial score (nSPS) is 22.9. The maximum Gasteiger partial charge on any atom is 0.330 e. The summed E-state index contributed by atoms with van der Waals surface area (Å²) in [6.45, 7) is 5.18. The van der Waals surface area contributed by atoms with Gasteiger partial charge in [-0.15, -0.1) is 0 Å². The van der Waals surface area contributed by atoms with Gasteiger partial charge in [0.1, 0.15) is 24.4 Å². The van der Waals surface area contributed by atoms with Gasteiger partial charge in [0, 0.05) is 18.3 Å². The summed E-state index contributed by atoms with van der Waals surface area (Å²) in [5.41, 5.74) is 0.966.